The predicted octanol–water partition coefficient (Wildman–Crippen LogP) is 2.44. The first-order valence-corrected chi connectivity index (χ1v) is 9.24. The van der Waals surface area contributed by atoms with Crippen molar-refractivity contribution in [1.82, 2.24) is 4.90 Å². The Labute approximate surface area is 169 Å². The molecule has 1 atom stereocenters. The molecular formula is C22H24N2O5. The third kappa shape index (κ3) is 4.00. The molecule has 29 heavy (non-hydrogen) atoms. The number of aryl methyl sites for hydroxylation is 2. The fraction of sp³-hybridized carbons (Fsp3) is 0.318. The van der Waals surface area contributed by atoms with Gasteiger partial charge in [-0.05, 0) is 49.6 Å². The first kappa shape index (κ1) is 20.5. The van der Waals surface area contributed by atoms with Crippen LogP contribution in [0, 0.1) is 13.8 Å². The molecule has 0 aliphatic carbocycles. The summed E-state index contributed by atoms with van der Waals surface area (Å²) < 4.78 is 4.77. The maximum Gasteiger partial charge on any atom is 0.338 e. The zero-order chi connectivity index (χ0) is 21.3. The highest BCUT2D eigenvalue weighted by Gasteiger charge is 2.37. The van der Waals surface area contributed by atoms with Crippen LogP contribution >= 0.6 is 0 Å². The molecular weight excluding hydrogens is 372 g/mol. The van der Waals surface area contributed by atoms with E-state index in [0.717, 1.165) is 16.7 Å². The van der Waals surface area contributed by atoms with Crippen LogP contribution in [-0.4, -0.2) is 47.0 Å². The third-order valence-corrected chi connectivity index (χ3v) is 5.11. The van der Waals surface area contributed by atoms with E-state index < -0.39 is 17.5 Å². The largest absolute Gasteiger partial charge is 0.465 e. The summed E-state index contributed by atoms with van der Waals surface area (Å²) in [6, 6.07) is 10.5. The number of rotatable bonds is 5. The minimum absolute atomic E-state index is 0.152. The van der Waals surface area contributed by atoms with Gasteiger partial charge in [-0.3, -0.25) is 9.59 Å². The number of fused-ring (bicyclic) bond motifs is 1. The Morgan fingerprint density at radius 3 is 2.55 bits per heavy atom. The van der Waals surface area contributed by atoms with Gasteiger partial charge in [0.15, 0.2) is 5.60 Å². The zero-order valence-corrected chi connectivity index (χ0v) is 16.9. The molecule has 7 heteroatoms. The number of aliphatic hydroxyl groups is 1. The Balaban J connectivity index is 1.77. The Hall–Kier alpha value is -3.19. The quantitative estimate of drug-likeness (QED) is 0.757. The smallest absolute Gasteiger partial charge is 0.338 e. The zero-order valence-electron chi connectivity index (χ0n) is 16.9. The van der Waals surface area contributed by atoms with Crippen LogP contribution < -0.4 is 5.32 Å². The van der Waals surface area contributed by atoms with E-state index in [2.05, 4.69) is 5.32 Å². The van der Waals surface area contributed by atoms with E-state index in [1.165, 1.54) is 25.0 Å². The number of methoxy groups -OCH3 is 1. The average Bonchev–Trinajstić information content (AvgIpc) is 2.98. The Morgan fingerprint density at radius 2 is 1.90 bits per heavy atom. The van der Waals surface area contributed by atoms with E-state index >= 15 is 0 Å². The van der Waals surface area contributed by atoms with Gasteiger partial charge in [0.2, 0.25) is 0 Å². The molecule has 2 N–H and O–H groups in total. The second kappa shape index (κ2) is 7.67. The van der Waals surface area contributed by atoms with Gasteiger partial charge >= 0.3 is 5.97 Å². The second-order valence-corrected chi connectivity index (χ2v) is 7.52. The highest BCUT2D eigenvalue weighted by Crippen LogP contribution is 2.26. The van der Waals surface area contributed by atoms with E-state index in [1.807, 2.05) is 12.1 Å². The van der Waals surface area contributed by atoms with Crippen LogP contribution in [0.15, 0.2) is 36.4 Å². The van der Waals surface area contributed by atoms with Crippen molar-refractivity contribution in [2.45, 2.75) is 32.9 Å². The van der Waals surface area contributed by atoms with Gasteiger partial charge in [0.25, 0.3) is 11.8 Å². The molecule has 0 radical (unpaired) electrons. The molecule has 0 bridgehead atoms. The maximum absolute atomic E-state index is 12.8. The molecule has 7 nitrogen and oxygen atoms in total. The third-order valence-electron chi connectivity index (χ3n) is 5.11. The number of carbonyl (C=O) groups is 3. The summed E-state index contributed by atoms with van der Waals surface area (Å²) in [5, 5.41) is 13.4. The molecule has 2 aromatic carbocycles. The highest BCUT2D eigenvalue weighted by molar-refractivity contribution is 6.01. The van der Waals surface area contributed by atoms with Crippen LogP contribution in [0.3, 0.4) is 0 Å². The highest BCUT2D eigenvalue weighted by atomic mass is 16.5. The van der Waals surface area contributed by atoms with Crippen LogP contribution in [-0.2, 0) is 16.1 Å². The Morgan fingerprint density at radius 1 is 1.21 bits per heavy atom. The van der Waals surface area contributed by atoms with Crippen LogP contribution in [0.2, 0.25) is 0 Å². The van der Waals surface area contributed by atoms with Crippen LogP contribution in [0.25, 0.3) is 0 Å². The van der Waals surface area contributed by atoms with E-state index in [-0.39, 0.29) is 12.5 Å². The van der Waals surface area contributed by atoms with Crippen molar-refractivity contribution in [3.63, 3.8) is 0 Å². The molecule has 0 saturated heterocycles. The monoisotopic (exact) mass is 396 g/mol. The molecule has 1 unspecified atom stereocenters. The van der Waals surface area contributed by atoms with E-state index in [1.54, 1.807) is 32.0 Å². The van der Waals surface area contributed by atoms with Crippen molar-refractivity contribution in [2.75, 3.05) is 19.0 Å². The minimum Gasteiger partial charge on any atom is -0.465 e. The molecule has 1 aliphatic rings. The SMILES string of the molecule is COC(=O)c1cc(NC(=O)C(C)(O)CN2Cc3ccccc3C2=O)c(C)cc1C. The van der Waals surface area contributed by atoms with Gasteiger partial charge < -0.3 is 20.1 Å². The molecule has 152 valence electrons. The lowest BCUT2D eigenvalue weighted by Gasteiger charge is -2.28. The molecule has 0 aromatic heterocycles. The summed E-state index contributed by atoms with van der Waals surface area (Å²) in [5.41, 5.74) is 1.83. The first-order chi connectivity index (χ1) is 13.6. The average molecular weight is 396 g/mol. The van der Waals surface area contributed by atoms with E-state index in [9.17, 15) is 19.5 Å². The minimum atomic E-state index is -1.82. The number of nitrogens with zero attached hydrogens (tertiary/aromatic N) is 1. The number of benzene rings is 2. The van der Waals surface area contributed by atoms with Gasteiger partial charge in [-0.15, -0.1) is 0 Å². The first-order valence-electron chi connectivity index (χ1n) is 9.24. The molecule has 0 saturated carbocycles. The number of ether oxygens (including phenoxy) is 1. The Bertz CT molecular complexity index is 997. The van der Waals surface area contributed by atoms with Gasteiger partial charge in [0.1, 0.15) is 0 Å². The van der Waals surface area contributed by atoms with Crippen molar-refractivity contribution in [2.24, 2.45) is 0 Å². The predicted molar refractivity (Wildman–Crippen MR) is 108 cm³/mol. The van der Waals surface area contributed by atoms with Crippen molar-refractivity contribution in [3.05, 3.63) is 64.2 Å². The number of anilines is 1. The molecule has 0 fully saturated rings. The lowest BCUT2D eigenvalue weighted by Crippen LogP contribution is -2.49. The number of hydrogen-bond acceptors (Lipinski definition) is 5. The van der Waals surface area contributed by atoms with E-state index in [4.69, 9.17) is 4.74 Å². The van der Waals surface area contributed by atoms with Crippen molar-refractivity contribution < 1.29 is 24.2 Å². The standard InChI is InChI=1S/C22H24N2O5/c1-13-9-14(2)18(10-17(13)20(26)29-4)23-21(27)22(3,28)12-24-11-15-7-5-6-8-16(15)19(24)25/h5-10,28H,11-12H2,1-4H3,(H,23,27). The van der Waals surface area contributed by atoms with Crippen molar-refractivity contribution in [3.8, 4) is 0 Å². The summed E-state index contributed by atoms with van der Waals surface area (Å²) >= 11 is 0. The fourth-order valence-electron chi connectivity index (χ4n) is 3.46. The summed E-state index contributed by atoms with van der Waals surface area (Å²) in [5.74, 6) is -1.39. The number of esters is 1. The maximum atomic E-state index is 12.8. The van der Waals surface area contributed by atoms with Gasteiger partial charge in [-0.2, -0.15) is 0 Å². The van der Waals surface area contributed by atoms with Gasteiger partial charge in [-0.1, -0.05) is 24.3 Å². The number of hydrogen-bond donors (Lipinski definition) is 2. The normalized spacial score (nSPS) is 14.9. The Kier molecular flexibility index (Phi) is 5.44. The summed E-state index contributed by atoms with van der Waals surface area (Å²) in [7, 11) is 1.29. The van der Waals surface area contributed by atoms with E-state index in [0.29, 0.717) is 23.4 Å². The second-order valence-electron chi connectivity index (χ2n) is 7.52. The number of β-amino-alcohol motifs (C(OH)–C–C–N with tert-alkyl or cyclic N) is 1. The number of carbonyl (C=O) groups excluding carboxylic acids is 3. The molecule has 2 amide bonds. The van der Waals surface area contributed by atoms with Crippen molar-refractivity contribution in [1.29, 1.82) is 0 Å². The summed E-state index contributed by atoms with van der Waals surface area (Å²) in [4.78, 5) is 38.7. The van der Waals surface area contributed by atoms with Gasteiger partial charge in [-0.25, -0.2) is 4.79 Å². The molecule has 2 aromatic rings. The fourth-order valence-corrected chi connectivity index (χ4v) is 3.46. The lowest BCUT2D eigenvalue weighted by atomic mass is 10.0. The molecule has 0 spiro atoms. The molecule has 1 heterocycles. The van der Waals surface area contributed by atoms with Crippen LogP contribution in [0.1, 0.15) is 44.3 Å². The summed E-state index contributed by atoms with van der Waals surface area (Å²) in [6.45, 7) is 5.12. The van der Waals surface area contributed by atoms with Crippen LogP contribution in [0.5, 0.6) is 0 Å². The van der Waals surface area contributed by atoms with Gasteiger partial charge in [0.05, 0.1) is 19.2 Å². The lowest BCUT2D eigenvalue weighted by molar-refractivity contribution is -0.133. The topological polar surface area (TPSA) is 95.9 Å². The van der Waals surface area contributed by atoms with Crippen LogP contribution in [0.4, 0.5) is 5.69 Å². The number of amides is 2. The van der Waals surface area contributed by atoms with Crippen molar-refractivity contribution >= 4 is 23.5 Å². The van der Waals surface area contributed by atoms with Gasteiger partial charge in [0, 0.05) is 17.8 Å². The molecule has 3 rings (SSSR count). The summed E-state index contributed by atoms with van der Waals surface area (Å²) in [6.07, 6.45) is 0. The number of nitrogens with one attached hydrogen (secondary N) is 1. The molecule has 1 aliphatic heterocycles.